The highest BCUT2D eigenvalue weighted by molar-refractivity contribution is 6.39. The fraction of sp³-hybridized carbons (Fsp3) is 0.571. The van der Waals surface area contributed by atoms with Gasteiger partial charge in [-0.1, -0.05) is 0 Å². The maximum absolute atomic E-state index is 10.6. The Hall–Kier alpha value is -1.19. The molecule has 62 valence electrons. The summed E-state index contributed by atoms with van der Waals surface area (Å²) in [5, 5.41) is 0. The second-order valence-electron chi connectivity index (χ2n) is 1.96. The first-order valence-corrected chi connectivity index (χ1v) is 3.27. The Balaban J connectivity index is 3.76. The third-order valence-corrected chi connectivity index (χ3v) is 1.00. The summed E-state index contributed by atoms with van der Waals surface area (Å²) in [6, 6.07) is 0. The van der Waals surface area contributed by atoms with Crippen LogP contribution in [0.1, 0.15) is 20.3 Å². The minimum atomic E-state index is -0.705. The summed E-state index contributed by atoms with van der Waals surface area (Å²) in [5.74, 6) is -1.96. The monoisotopic (exact) mass is 158 g/mol. The van der Waals surface area contributed by atoms with Crippen molar-refractivity contribution in [2.75, 3.05) is 6.61 Å². The quantitative estimate of drug-likeness (QED) is 0.330. The molecule has 0 aromatic carbocycles. The van der Waals surface area contributed by atoms with E-state index >= 15 is 0 Å². The van der Waals surface area contributed by atoms with Crippen molar-refractivity contribution in [1.82, 2.24) is 0 Å². The van der Waals surface area contributed by atoms with Gasteiger partial charge in [-0.25, -0.2) is 0 Å². The molecule has 0 bridgehead atoms. The SMILES string of the molecule is CCOC(=O)CC(=O)C(C)=O. The van der Waals surface area contributed by atoms with Crippen LogP contribution >= 0.6 is 0 Å². The lowest BCUT2D eigenvalue weighted by atomic mass is 10.2. The summed E-state index contributed by atoms with van der Waals surface area (Å²) in [4.78, 5) is 31.5. The molecule has 0 amide bonds. The molecule has 0 rings (SSSR count). The van der Waals surface area contributed by atoms with Gasteiger partial charge in [0.1, 0.15) is 6.42 Å². The van der Waals surface area contributed by atoms with Crippen molar-refractivity contribution < 1.29 is 19.1 Å². The van der Waals surface area contributed by atoms with Crippen molar-refractivity contribution in [3.63, 3.8) is 0 Å². The van der Waals surface area contributed by atoms with Gasteiger partial charge in [0.25, 0.3) is 0 Å². The van der Waals surface area contributed by atoms with Gasteiger partial charge in [-0.2, -0.15) is 0 Å². The zero-order valence-electron chi connectivity index (χ0n) is 6.55. The van der Waals surface area contributed by atoms with Crippen LogP contribution < -0.4 is 0 Å². The van der Waals surface area contributed by atoms with Gasteiger partial charge in [-0.05, 0) is 6.92 Å². The standard InChI is InChI=1S/C7H10O4/c1-3-11-7(10)4-6(9)5(2)8/h3-4H2,1-2H3. The minimum absolute atomic E-state index is 0.226. The summed E-state index contributed by atoms with van der Waals surface area (Å²) >= 11 is 0. The summed E-state index contributed by atoms with van der Waals surface area (Å²) < 4.78 is 4.45. The second kappa shape index (κ2) is 4.60. The van der Waals surface area contributed by atoms with Gasteiger partial charge in [0.05, 0.1) is 6.61 Å². The Morgan fingerprint density at radius 1 is 1.27 bits per heavy atom. The van der Waals surface area contributed by atoms with Crippen LogP contribution in [0.15, 0.2) is 0 Å². The molecular formula is C7H10O4. The van der Waals surface area contributed by atoms with Crippen molar-refractivity contribution in [2.45, 2.75) is 20.3 Å². The molecule has 0 fully saturated rings. The molecule has 0 saturated heterocycles. The lowest BCUT2D eigenvalue weighted by Crippen LogP contribution is -2.16. The lowest BCUT2D eigenvalue weighted by molar-refractivity contribution is -0.148. The first-order chi connectivity index (χ1) is 5.07. The number of Topliss-reactive ketones (excluding diaryl/α,β-unsaturated/α-hetero) is 2. The van der Waals surface area contributed by atoms with E-state index in [9.17, 15) is 14.4 Å². The zero-order valence-corrected chi connectivity index (χ0v) is 6.55. The van der Waals surface area contributed by atoms with E-state index in [4.69, 9.17) is 0 Å². The highest BCUT2D eigenvalue weighted by atomic mass is 16.5. The Morgan fingerprint density at radius 3 is 2.18 bits per heavy atom. The molecule has 0 heterocycles. The van der Waals surface area contributed by atoms with E-state index in [-0.39, 0.29) is 6.61 Å². The normalized spacial score (nSPS) is 8.91. The number of carbonyl (C=O) groups is 3. The van der Waals surface area contributed by atoms with E-state index in [0.717, 1.165) is 6.92 Å². The molecule has 0 N–H and O–H groups in total. The van der Waals surface area contributed by atoms with E-state index in [1.807, 2.05) is 0 Å². The van der Waals surface area contributed by atoms with Crippen LogP contribution in [0.2, 0.25) is 0 Å². The number of rotatable bonds is 4. The van der Waals surface area contributed by atoms with E-state index in [0.29, 0.717) is 0 Å². The molecule has 11 heavy (non-hydrogen) atoms. The van der Waals surface area contributed by atoms with Gasteiger partial charge < -0.3 is 4.74 Å². The summed E-state index contributed by atoms with van der Waals surface area (Å²) in [7, 11) is 0. The zero-order chi connectivity index (χ0) is 8.85. The van der Waals surface area contributed by atoms with E-state index in [1.165, 1.54) is 0 Å². The van der Waals surface area contributed by atoms with Gasteiger partial charge >= 0.3 is 5.97 Å². The van der Waals surface area contributed by atoms with Crippen LogP contribution in [-0.4, -0.2) is 24.1 Å². The fourth-order valence-corrected chi connectivity index (χ4v) is 0.468. The Bertz CT molecular complexity index is 183. The fourth-order valence-electron chi connectivity index (χ4n) is 0.468. The molecule has 0 aliphatic rings. The Labute approximate surface area is 64.5 Å². The molecule has 0 aromatic rings. The second-order valence-corrected chi connectivity index (χ2v) is 1.96. The first-order valence-electron chi connectivity index (χ1n) is 3.27. The summed E-state index contributed by atoms with van der Waals surface area (Å²) in [6.45, 7) is 2.99. The largest absolute Gasteiger partial charge is 0.466 e. The lowest BCUT2D eigenvalue weighted by Gasteiger charge is -1.97. The highest BCUT2D eigenvalue weighted by Crippen LogP contribution is 1.89. The van der Waals surface area contributed by atoms with Crippen molar-refractivity contribution in [1.29, 1.82) is 0 Å². The molecular weight excluding hydrogens is 148 g/mol. The number of hydrogen-bond donors (Lipinski definition) is 0. The molecule has 0 spiro atoms. The average molecular weight is 158 g/mol. The Morgan fingerprint density at radius 2 is 1.82 bits per heavy atom. The Kier molecular flexibility index (Phi) is 4.10. The molecule has 0 aromatic heterocycles. The molecule has 0 atom stereocenters. The van der Waals surface area contributed by atoms with Crippen LogP contribution in [-0.2, 0) is 19.1 Å². The third-order valence-electron chi connectivity index (χ3n) is 1.00. The predicted octanol–water partition coefficient (Wildman–Crippen LogP) is 0.0977. The molecule has 0 aliphatic heterocycles. The number of carbonyl (C=O) groups excluding carboxylic acids is 3. The van der Waals surface area contributed by atoms with Crippen molar-refractivity contribution >= 4 is 17.5 Å². The third kappa shape index (κ3) is 4.25. The van der Waals surface area contributed by atoms with Crippen LogP contribution in [0.3, 0.4) is 0 Å². The average Bonchev–Trinajstić information content (AvgIpc) is 1.87. The van der Waals surface area contributed by atoms with Gasteiger partial charge in [0, 0.05) is 6.92 Å². The van der Waals surface area contributed by atoms with Crippen molar-refractivity contribution in [3.05, 3.63) is 0 Å². The van der Waals surface area contributed by atoms with Crippen molar-refractivity contribution in [2.24, 2.45) is 0 Å². The van der Waals surface area contributed by atoms with Crippen LogP contribution in [0, 0.1) is 0 Å². The number of esters is 1. The maximum Gasteiger partial charge on any atom is 0.313 e. The van der Waals surface area contributed by atoms with Crippen molar-refractivity contribution in [3.8, 4) is 0 Å². The first kappa shape index (κ1) is 9.81. The molecule has 4 nitrogen and oxygen atoms in total. The predicted molar refractivity (Wildman–Crippen MR) is 36.9 cm³/mol. The van der Waals surface area contributed by atoms with Crippen LogP contribution in [0.4, 0.5) is 0 Å². The van der Waals surface area contributed by atoms with E-state index in [2.05, 4.69) is 4.74 Å². The summed E-state index contributed by atoms with van der Waals surface area (Å²) in [6.07, 6.45) is -0.441. The van der Waals surface area contributed by atoms with Gasteiger partial charge in [0.15, 0.2) is 5.78 Å². The molecule has 0 saturated carbocycles. The van der Waals surface area contributed by atoms with E-state index in [1.54, 1.807) is 6.92 Å². The van der Waals surface area contributed by atoms with Crippen LogP contribution in [0.25, 0.3) is 0 Å². The smallest absolute Gasteiger partial charge is 0.313 e. The maximum atomic E-state index is 10.6. The number of hydrogen-bond acceptors (Lipinski definition) is 4. The van der Waals surface area contributed by atoms with Gasteiger partial charge in [0.2, 0.25) is 5.78 Å². The molecule has 0 unspecified atom stereocenters. The van der Waals surface area contributed by atoms with Crippen LogP contribution in [0.5, 0.6) is 0 Å². The van der Waals surface area contributed by atoms with Gasteiger partial charge in [-0.15, -0.1) is 0 Å². The topological polar surface area (TPSA) is 60.4 Å². The van der Waals surface area contributed by atoms with Gasteiger partial charge in [-0.3, -0.25) is 14.4 Å². The minimum Gasteiger partial charge on any atom is -0.466 e. The molecule has 0 radical (unpaired) electrons. The number of ketones is 2. The highest BCUT2D eigenvalue weighted by Gasteiger charge is 2.13. The molecule has 0 aliphatic carbocycles. The summed E-state index contributed by atoms with van der Waals surface area (Å²) in [5.41, 5.74) is 0. The van der Waals surface area contributed by atoms with E-state index < -0.39 is 24.0 Å². The molecule has 4 heteroatoms. The number of ether oxygens (including phenoxy) is 1.